The minimum atomic E-state index is 0.714. The van der Waals surface area contributed by atoms with Crippen molar-refractivity contribution in [1.82, 2.24) is 4.90 Å². The molecule has 0 N–H and O–H groups in total. The van der Waals surface area contributed by atoms with Gasteiger partial charge in [-0.1, -0.05) is 72.8 Å². The van der Waals surface area contributed by atoms with E-state index >= 15 is 0 Å². The smallest absolute Gasteiger partial charge is 0.127 e. The first-order valence-corrected chi connectivity index (χ1v) is 8.96. The Balaban J connectivity index is 1.39. The number of hydrogen-bond donors (Lipinski definition) is 0. The summed E-state index contributed by atoms with van der Waals surface area (Å²) >= 11 is 0. The summed E-state index contributed by atoms with van der Waals surface area (Å²) in [6.07, 6.45) is 1.14. The second kappa shape index (κ2) is 7.54. The molecule has 2 nitrogen and oxygen atoms in total. The average molecular weight is 329 g/mol. The number of benzene rings is 3. The standard InChI is InChI=1S/C23H23NO/c1-2-9-20(10-3-1)22-12-6-7-13-23(22)25-17-16-24-15-14-19-8-4-5-11-21(19)18-24/h1-13H,14-18H2. The van der Waals surface area contributed by atoms with Gasteiger partial charge in [0.25, 0.3) is 0 Å². The van der Waals surface area contributed by atoms with E-state index in [1.54, 1.807) is 0 Å². The fourth-order valence-corrected chi connectivity index (χ4v) is 3.48. The quantitative estimate of drug-likeness (QED) is 0.667. The first kappa shape index (κ1) is 15.9. The third-order valence-electron chi connectivity index (χ3n) is 4.85. The molecular weight excluding hydrogens is 306 g/mol. The molecule has 0 amide bonds. The highest BCUT2D eigenvalue weighted by atomic mass is 16.5. The minimum absolute atomic E-state index is 0.714. The van der Waals surface area contributed by atoms with Gasteiger partial charge in [0, 0.05) is 25.2 Å². The molecule has 126 valence electrons. The lowest BCUT2D eigenvalue weighted by Crippen LogP contribution is -2.33. The van der Waals surface area contributed by atoms with Gasteiger partial charge in [0.15, 0.2) is 0 Å². The molecule has 0 unspecified atom stereocenters. The van der Waals surface area contributed by atoms with Crippen LogP contribution in [-0.2, 0) is 13.0 Å². The molecule has 0 aliphatic carbocycles. The summed E-state index contributed by atoms with van der Waals surface area (Å²) < 4.78 is 6.14. The fourth-order valence-electron chi connectivity index (χ4n) is 3.48. The molecule has 0 saturated carbocycles. The van der Waals surface area contributed by atoms with Gasteiger partial charge in [0.2, 0.25) is 0 Å². The molecule has 3 aromatic carbocycles. The zero-order valence-electron chi connectivity index (χ0n) is 14.4. The Morgan fingerprint density at radius 2 is 1.48 bits per heavy atom. The monoisotopic (exact) mass is 329 g/mol. The number of rotatable bonds is 5. The van der Waals surface area contributed by atoms with Crippen LogP contribution >= 0.6 is 0 Å². The van der Waals surface area contributed by atoms with Gasteiger partial charge in [-0.15, -0.1) is 0 Å². The Bertz CT molecular complexity index is 828. The zero-order chi connectivity index (χ0) is 16.9. The topological polar surface area (TPSA) is 12.5 Å². The molecule has 2 heteroatoms. The van der Waals surface area contributed by atoms with E-state index in [9.17, 15) is 0 Å². The summed E-state index contributed by atoms with van der Waals surface area (Å²) in [7, 11) is 0. The highest BCUT2D eigenvalue weighted by molar-refractivity contribution is 5.70. The number of ether oxygens (including phenoxy) is 1. The third kappa shape index (κ3) is 3.75. The molecule has 0 aromatic heterocycles. The molecular formula is C23H23NO. The summed E-state index contributed by atoms with van der Waals surface area (Å²) in [5, 5.41) is 0. The van der Waals surface area contributed by atoms with E-state index in [1.807, 2.05) is 12.1 Å². The highest BCUT2D eigenvalue weighted by Gasteiger charge is 2.15. The Morgan fingerprint density at radius 3 is 2.36 bits per heavy atom. The summed E-state index contributed by atoms with van der Waals surface area (Å²) in [4.78, 5) is 2.48. The highest BCUT2D eigenvalue weighted by Crippen LogP contribution is 2.29. The van der Waals surface area contributed by atoms with Gasteiger partial charge in [-0.25, -0.2) is 0 Å². The molecule has 1 heterocycles. The van der Waals surface area contributed by atoms with Crippen molar-refractivity contribution < 1.29 is 4.74 Å². The first-order valence-electron chi connectivity index (χ1n) is 8.96. The lowest BCUT2D eigenvalue weighted by atomic mass is 10.0. The first-order chi connectivity index (χ1) is 12.4. The van der Waals surface area contributed by atoms with Crippen molar-refractivity contribution in [1.29, 1.82) is 0 Å². The maximum absolute atomic E-state index is 6.14. The van der Waals surface area contributed by atoms with Crippen LogP contribution in [0.2, 0.25) is 0 Å². The molecule has 0 bridgehead atoms. The van der Waals surface area contributed by atoms with Crippen molar-refractivity contribution in [3.63, 3.8) is 0 Å². The van der Waals surface area contributed by atoms with E-state index < -0.39 is 0 Å². The van der Waals surface area contributed by atoms with Crippen LogP contribution < -0.4 is 4.74 Å². The maximum Gasteiger partial charge on any atom is 0.127 e. The van der Waals surface area contributed by atoms with E-state index in [-0.39, 0.29) is 0 Å². The SMILES string of the molecule is c1ccc(-c2ccccc2OCCN2CCc3ccccc3C2)cc1. The fraction of sp³-hybridized carbons (Fsp3) is 0.217. The summed E-state index contributed by atoms with van der Waals surface area (Å²) in [6.45, 7) is 3.81. The molecule has 0 saturated heterocycles. The van der Waals surface area contributed by atoms with Gasteiger partial charge < -0.3 is 4.74 Å². The van der Waals surface area contributed by atoms with Crippen LogP contribution in [0, 0.1) is 0 Å². The van der Waals surface area contributed by atoms with Gasteiger partial charge in [0.05, 0.1) is 0 Å². The van der Waals surface area contributed by atoms with E-state index in [0.29, 0.717) is 6.61 Å². The largest absolute Gasteiger partial charge is 0.492 e. The number of hydrogen-bond acceptors (Lipinski definition) is 2. The van der Waals surface area contributed by atoms with Crippen molar-refractivity contribution in [2.75, 3.05) is 19.7 Å². The Labute approximate surface area is 149 Å². The van der Waals surface area contributed by atoms with Crippen LogP contribution in [0.25, 0.3) is 11.1 Å². The normalized spacial score (nSPS) is 14.1. The molecule has 1 aliphatic heterocycles. The lowest BCUT2D eigenvalue weighted by Gasteiger charge is -2.28. The van der Waals surface area contributed by atoms with E-state index in [4.69, 9.17) is 4.74 Å². The van der Waals surface area contributed by atoms with E-state index in [0.717, 1.165) is 37.4 Å². The summed E-state index contributed by atoms with van der Waals surface area (Å²) in [5.41, 5.74) is 5.31. The third-order valence-corrected chi connectivity index (χ3v) is 4.85. The second-order valence-corrected chi connectivity index (χ2v) is 6.51. The molecule has 3 aromatic rings. The van der Waals surface area contributed by atoms with Gasteiger partial charge in [-0.3, -0.25) is 4.90 Å². The molecule has 0 atom stereocenters. The van der Waals surface area contributed by atoms with Crippen LogP contribution in [0.15, 0.2) is 78.9 Å². The predicted octanol–water partition coefficient (Wildman–Crippen LogP) is 4.79. The number of para-hydroxylation sites is 1. The number of fused-ring (bicyclic) bond motifs is 1. The van der Waals surface area contributed by atoms with Crippen LogP contribution in [0.5, 0.6) is 5.75 Å². The molecule has 0 fully saturated rings. The average Bonchev–Trinajstić information content (AvgIpc) is 2.69. The van der Waals surface area contributed by atoms with Crippen molar-refractivity contribution in [3.05, 3.63) is 90.0 Å². The van der Waals surface area contributed by atoms with Gasteiger partial charge >= 0.3 is 0 Å². The lowest BCUT2D eigenvalue weighted by molar-refractivity contribution is 0.196. The van der Waals surface area contributed by atoms with Crippen LogP contribution in [-0.4, -0.2) is 24.6 Å². The van der Waals surface area contributed by atoms with Crippen molar-refractivity contribution >= 4 is 0 Å². The van der Waals surface area contributed by atoms with Gasteiger partial charge in [-0.05, 0) is 29.2 Å². The van der Waals surface area contributed by atoms with Crippen LogP contribution in [0.4, 0.5) is 0 Å². The molecule has 25 heavy (non-hydrogen) atoms. The maximum atomic E-state index is 6.14. The van der Waals surface area contributed by atoms with E-state index in [1.165, 1.54) is 16.7 Å². The molecule has 1 aliphatic rings. The molecule has 0 spiro atoms. The van der Waals surface area contributed by atoms with Crippen molar-refractivity contribution in [2.45, 2.75) is 13.0 Å². The Kier molecular flexibility index (Phi) is 4.80. The Hall–Kier alpha value is -2.58. The second-order valence-electron chi connectivity index (χ2n) is 6.51. The Morgan fingerprint density at radius 1 is 0.760 bits per heavy atom. The van der Waals surface area contributed by atoms with Gasteiger partial charge in [0.1, 0.15) is 12.4 Å². The predicted molar refractivity (Wildman–Crippen MR) is 103 cm³/mol. The molecule has 0 radical (unpaired) electrons. The van der Waals surface area contributed by atoms with Crippen LogP contribution in [0.1, 0.15) is 11.1 Å². The van der Waals surface area contributed by atoms with E-state index in [2.05, 4.69) is 71.6 Å². The van der Waals surface area contributed by atoms with Crippen molar-refractivity contribution in [3.8, 4) is 16.9 Å². The van der Waals surface area contributed by atoms with Crippen LogP contribution in [0.3, 0.4) is 0 Å². The number of nitrogens with zero attached hydrogens (tertiary/aromatic N) is 1. The minimum Gasteiger partial charge on any atom is -0.492 e. The molecule has 4 rings (SSSR count). The van der Waals surface area contributed by atoms with Crippen molar-refractivity contribution in [2.24, 2.45) is 0 Å². The summed E-state index contributed by atoms with van der Waals surface area (Å²) in [6, 6.07) is 27.5. The zero-order valence-corrected chi connectivity index (χ0v) is 14.4. The van der Waals surface area contributed by atoms with Gasteiger partial charge in [-0.2, -0.15) is 0 Å². The summed E-state index contributed by atoms with van der Waals surface area (Å²) in [5.74, 6) is 0.964.